The maximum atomic E-state index is 11.3. The van der Waals surface area contributed by atoms with Gasteiger partial charge in [0, 0.05) is 3.57 Å². The summed E-state index contributed by atoms with van der Waals surface area (Å²) in [6.45, 7) is 0. The van der Waals surface area contributed by atoms with Crippen LogP contribution in [0.25, 0.3) is 0 Å². The van der Waals surface area contributed by atoms with Crippen molar-refractivity contribution < 1.29 is 49.3 Å². The third kappa shape index (κ3) is 5.84. The molecule has 2 aromatic carbocycles. The van der Waals surface area contributed by atoms with Crippen LogP contribution in [0.3, 0.4) is 0 Å². The zero-order valence-electron chi connectivity index (χ0n) is 12.6. The number of ether oxygens (including phenoxy) is 1. The summed E-state index contributed by atoms with van der Waals surface area (Å²) in [5.74, 6) is 0.167. The predicted molar refractivity (Wildman–Crippen MR) is 110 cm³/mol. The van der Waals surface area contributed by atoms with Crippen LogP contribution in [0.5, 0.6) is 17.2 Å². The van der Waals surface area contributed by atoms with E-state index in [1.165, 1.54) is 12.1 Å². The molecule has 2 rings (SSSR count). The summed E-state index contributed by atoms with van der Waals surface area (Å²) in [6.07, 6.45) is 0.256. The zero-order valence-corrected chi connectivity index (χ0v) is 21.0. The summed E-state index contributed by atoms with van der Waals surface area (Å²) in [6, 6.07) is 7.27. The van der Waals surface area contributed by atoms with Crippen molar-refractivity contribution in [2.75, 3.05) is 0 Å². The molecule has 0 spiro atoms. The van der Waals surface area contributed by atoms with Gasteiger partial charge in [-0.15, -0.1) is 5.75 Å². The summed E-state index contributed by atoms with van der Waals surface area (Å²) < 4.78 is 8.40. The van der Waals surface area contributed by atoms with E-state index in [9.17, 15) is 9.90 Å². The molecule has 0 saturated carbocycles. The van der Waals surface area contributed by atoms with Crippen LogP contribution in [0.15, 0.2) is 30.3 Å². The van der Waals surface area contributed by atoms with Crippen molar-refractivity contribution in [3.05, 3.63) is 46.6 Å². The maximum absolute atomic E-state index is 11.3. The Labute approximate surface area is 202 Å². The Morgan fingerprint density at radius 2 is 1.79 bits per heavy atom. The molecular formula is C15H11I3NNaO4. The molecule has 0 aromatic heterocycles. The van der Waals surface area contributed by atoms with Crippen molar-refractivity contribution in [1.29, 1.82) is 0 Å². The van der Waals surface area contributed by atoms with Gasteiger partial charge in [-0.1, -0.05) is 18.2 Å². The van der Waals surface area contributed by atoms with E-state index in [-0.39, 0.29) is 41.7 Å². The van der Waals surface area contributed by atoms with Gasteiger partial charge >= 0.3 is 35.5 Å². The molecule has 0 aliphatic heterocycles. The van der Waals surface area contributed by atoms with Crippen molar-refractivity contribution in [2.24, 2.45) is 5.73 Å². The normalized spacial score (nSPS) is 11.5. The Morgan fingerprint density at radius 1 is 1.17 bits per heavy atom. The Balaban J connectivity index is 0.00000288. The average molecular weight is 673 g/mol. The number of carboxylic acid groups (broad SMARTS) is 1. The summed E-state index contributed by atoms with van der Waals surface area (Å²) >= 11 is 6.36. The number of hydrogen-bond acceptors (Lipinski definition) is 4. The molecule has 0 aliphatic rings. The fourth-order valence-electron chi connectivity index (χ4n) is 1.82. The van der Waals surface area contributed by atoms with Crippen LogP contribution in [0.2, 0.25) is 0 Å². The Morgan fingerprint density at radius 3 is 2.38 bits per heavy atom. The summed E-state index contributed by atoms with van der Waals surface area (Å²) in [7, 11) is 0. The van der Waals surface area contributed by atoms with E-state index in [1.54, 1.807) is 12.1 Å². The van der Waals surface area contributed by atoms with Crippen LogP contribution < -0.4 is 45.1 Å². The largest absolute Gasteiger partial charge is 1.00 e. The maximum Gasteiger partial charge on any atom is 1.00 e. The van der Waals surface area contributed by atoms with Gasteiger partial charge in [-0.25, -0.2) is 0 Å². The second-order valence-electron chi connectivity index (χ2n) is 4.69. The first-order valence-electron chi connectivity index (χ1n) is 6.39. The topological polar surface area (TPSA) is 95.6 Å². The van der Waals surface area contributed by atoms with Crippen molar-refractivity contribution in [1.82, 2.24) is 0 Å². The van der Waals surface area contributed by atoms with Crippen molar-refractivity contribution in [3.8, 4) is 17.2 Å². The summed E-state index contributed by atoms with van der Waals surface area (Å²) in [4.78, 5) is 10.9. The molecule has 24 heavy (non-hydrogen) atoms. The standard InChI is InChI=1S/C15H12I3NO4.Na/c16-9-6-8(20)2-4-11(9)23-12-3-1-7(13(17)14(12)18)5-10(19)15(21)22;/h1-4,6,10,20H,5,19H2,(H,21,22);/q;+1/p-1/t10-;/m1./s1. The molecule has 0 aliphatic carbocycles. The van der Waals surface area contributed by atoms with Crippen LogP contribution in [0, 0.1) is 10.7 Å². The fraction of sp³-hybridized carbons (Fsp3) is 0.133. The minimum absolute atomic E-state index is 0. The number of aliphatic carboxylic acids is 1. The number of benzene rings is 2. The van der Waals surface area contributed by atoms with E-state index >= 15 is 0 Å². The molecule has 2 aromatic rings. The number of nitrogens with two attached hydrogens (primary N) is 1. The third-order valence-electron chi connectivity index (χ3n) is 3.01. The number of halogens is 3. The Bertz CT molecular complexity index is 758. The van der Waals surface area contributed by atoms with E-state index < -0.39 is 12.0 Å². The first-order chi connectivity index (χ1) is 10.8. The van der Waals surface area contributed by atoms with Crippen LogP contribution in [0.4, 0.5) is 0 Å². The van der Waals surface area contributed by atoms with Crippen LogP contribution in [-0.4, -0.2) is 17.1 Å². The molecular weight excluding hydrogens is 662 g/mol. The third-order valence-corrected chi connectivity index (χ3v) is 7.19. The van der Waals surface area contributed by atoms with E-state index in [2.05, 4.69) is 67.8 Å². The number of carboxylic acids is 1. The zero-order chi connectivity index (χ0) is 17.1. The minimum atomic E-state index is -1.02. The Hall–Kier alpha value is 0.660. The van der Waals surface area contributed by atoms with Crippen LogP contribution in [0.1, 0.15) is 5.56 Å². The van der Waals surface area contributed by atoms with E-state index in [1.807, 2.05) is 6.07 Å². The van der Waals surface area contributed by atoms with Crippen LogP contribution in [-0.2, 0) is 11.2 Å². The van der Waals surface area contributed by atoms with Gasteiger partial charge < -0.3 is 20.7 Å². The molecule has 3 N–H and O–H groups in total. The van der Waals surface area contributed by atoms with E-state index in [4.69, 9.17) is 15.6 Å². The van der Waals surface area contributed by atoms with Crippen LogP contribution >= 0.6 is 67.8 Å². The molecule has 0 bridgehead atoms. The van der Waals surface area contributed by atoms with Crippen molar-refractivity contribution in [3.63, 3.8) is 0 Å². The number of rotatable bonds is 5. The molecule has 122 valence electrons. The van der Waals surface area contributed by atoms with Gasteiger partial charge in [0.1, 0.15) is 17.5 Å². The summed E-state index contributed by atoms with van der Waals surface area (Å²) in [5.41, 5.74) is 6.46. The first-order valence-corrected chi connectivity index (χ1v) is 9.63. The second-order valence-corrected chi connectivity index (χ2v) is 8.01. The van der Waals surface area contributed by atoms with Gasteiger partial charge in [0.15, 0.2) is 0 Å². The number of carbonyl (C=O) groups is 1. The molecule has 0 radical (unpaired) electrons. The second kappa shape index (κ2) is 10.1. The molecule has 0 fully saturated rings. The molecule has 9 heteroatoms. The average Bonchev–Trinajstić information content (AvgIpc) is 2.49. The molecule has 5 nitrogen and oxygen atoms in total. The van der Waals surface area contributed by atoms with Gasteiger partial charge in [0.2, 0.25) is 0 Å². The molecule has 0 unspecified atom stereocenters. The quantitative estimate of drug-likeness (QED) is 0.353. The number of hydrogen-bond donors (Lipinski definition) is 2. The van der Waals surface area contributed by atoms with Gasteiger partial charge in [-0.05, 0) is 91.9 Å². The molecule has 1 atom stereocenters. The van der Waals surface area contributed by atoms with Crippen molar-refractivity contribution >= 4 is 73.7 Å². The Kier molecular flexibility index (Phi) is 9.57. The fourth-order valence-corrected chi connectivity index (χ4v) is 3.71. The SMILES string of the molecule is N[C@H](Cc1ccc(Oc2ccc([O-])cc2I)c(I)c1I)C(=O)O.[Na+]. The molecule has 0 saturated heterocycles. The minimum Gasteiger partial charge on any atom is -0.872 e. The van der Waals surface area contributed by atoms with Gasteiger partial charge in [-0.3, -0.25) is 4.79 Å². The van der Waals surface area contributed by atoms with E-state index in [0.29, 0.717) is 11.5 Å². The van der Waals surface area contributed by atoms with E-state index in [0.717, 1.165) is 16.3 Å². The van der Waals surface area contributed by atoms with Gasteiger partial charge in [0.05, 0.1) is 7.14 Å². The van der Waals surface area contributed by atoms with Gasteiger partial charge in [0.25, 0.3) is 0 Å². The molecule has 0 heterocycles. The predicted octanol–water partition coefficient (Wildman–Crippen LogP) is 0.325. The van der Waals surface area contributed by atoms with Crippen molar-refractivity contribution in [2.45, 2.75) is 12.5 Å². The first kappa shape index (κ1) is 22.7. The molecule has 0 amide bonds. The van der Waals surface area contributed by atoms with Gasteiger partial charge in [-0.2, -0.15) is 0 Å². The summed E-state index contributed by atoms with van der Waals surface area (Å²) in [5, 5.41) is 20.2. The monoisotopic (exact) mass is 673 g/mol. The smallest absolute Gasteiger partial charge is 0.872 e.